The first-order chi connectivity index (χ1) is 13.2. The van der Waals surface area contributed by atoms with Gasteiger partial charge in [0.1, 0.15) is 0 Å². The molecule has 0 N–H and O–H groups in total. The summed E-state index contributed by atoms with van der Waals surface area (Å²) >= 11 is 0. The van der Waals surface area contributed by atoms with E-state index in [1.165, 1.54) is 5.57 Å². The zero-order valence-electron chi connectivity index (χ0n) is 16.6. The number of carbonyl (C=O) groups excluding carboxylic acids is 1. The summed E-state index contributed by atoms with van der Waals surface area (Å²) < 4.78 is 16.5. The molecule has 0 saturated heterocycles. The van der Waals surface area contributed by atoms with Gasteiger partial charge in [0, 0.05) is 31.2 Å². The molecule has 27 heavy (non-hydrogen) atoms. The van der Waals surface area contributed by atoms with Gasteiger partial charge in [-0.1, -0.05) is 30.4 Å². The molecule has 0 aromatic carbocycles. The molecule has 1 unspecified atom stereocenters. The third-order valence-electron chi connectivity index (χ3n) is 4.48. The van der Waals surface area contributed by atoms with E-state index in [0.717, 1.165) is 24.4 Å². The van der Waals surface area contributed by atoms with Crippen LogP contribution < -0.4 is 4.90 Å². The van der Waals surface area contributed by atoms with E-state index in [2.05, 4.69) is 42.2 Å². The molecule has 1 heterocycles. The summed E-state index contributed by atoms with van der Waals surface area (Å²) in [6.07, 6.45) is 14.3. The number of hydrogen-bond acceptors (Lipinski definition) is 5. The topological polar surface area (TPSA) is 51.9 Å². The number of nitrogens with zero attached hydrogens (tertiary/aromatic N) is 1. The van der Waals surface area contributed by atoms with Crippen molar-refractivity contribution in [1.29, 1.82) is 0 Å². The molecule has 1 aliphatic rings. The lowest BCUT2D eigenvalue weighted by atomic mass is 10.1. The Morgan fingerprint density at radius 1 is 1.30 bits per heavy atom. The van der Waals surface area contributed by atoms with Crippen LogP contribution in [0.2, 0.25) is 0 Å². The van der Waals surface area contributed by atoms with Crippen LogP contribution in [0.1, 0.15) is 45.6 Å². The van der Waals surface area contributed by atoms with Crippen LogP contribution in [0.4, 0.5) is 5.88 Å². The summed E-state index contributed by atoms with van der Waals surface area (Å²) in [4.78, 5) is 14.0. The average Bonchev–Trinajstić information content (AvgIpc) is 2.97. The molecule has 1 aromatic heterocycles. The molecule has 2 rings (SSSR count). The summed E-state index contributed by atoms with van der Waals surface area (Å²) in [5, 5.41) is 0. The summed E-state index contributed by atoms with van der Waals surface area (Å²) in [5.41, 5.74) is 2.25. The molecule has 1 atom stereocenters. The number of ether oxygens (including phenoxy) is 2. The zero-order chi connectivity index (χ0) is 19.5. The molecule has 5 nitrogen and oxygen atoms in total. The van der Waals surface area contributed by atoms with E-state index in [0.29, 0.717) is 32.7 Å². The molecule has 0 fully saturated rings. The summed E-state index contributed by atoms with van der Waals surface area (Å²) in [7, 11) is 0. The van der Waals surface area contributed by atoms with E-state index in [1.54, 1.807) is 6.26 Å². The Labute approximate surface area is 162 Å². The Morgan fingerprint density at radius 3 is 2.93 bits per heavy atom. The summed E-state index contributed by atoms with van der Waals surface area (Å²) in [6, 6.07) is 2.07. The van der Waals surface area contributed by atoms with Crippen LogP contribution in [0.3, 0.4) is 0 Å². The third-order valence-corrected chi connectivity index (χ3v) is 4.48. The van der Waals surface area contributed by atoms with Gasteiger partial charge in [-0.05, 0) is 45.3 Å². The van der Waals surface area contributed by atoms with Crippen LogP contribution >= 0.6 is 0 Å². The minimum Gasteiger partial charge on any atom is -0.466 e. The Hall–Kier alpha value is -2.27. The second-order valence-electron chi connectivity index (χ2n) is 6.51. The molecule has 5 heteroatoms. The molecule has 0 bridgehead atoms. The first-order valence-corrected chi connectivity index (χ1v) is 9.74. The van der Waals surface area contributed by atoms with Crippen molar-refractivity contribution in [1.82, 2.24) is 0 Å². The molecule has 1 aromatic rings. The van der Waals surface area contributed by atoms with Gasteiger partial charge < -0.3 is 18.8 Å². The van der Waals surface area contributed by atoms with Gasteiger partial charge in [0.25, 0.3) is 0 Å². The summed E-state index contributed by atoms with van der Waals surface area (Å²) in [5.74, 6) is 0.655. The summed E-state index contributed by atoms with van der Waals surface area (Å²) in [6.45, 7) is 8.23. The van der Waals surface area contributed by atoms with Crippen molar-refractivity contribution in [2.75, 3.05) is 24.7 Å². The van der Waals surface area contributed by atoms with Crippen LogP contribution in [0.5, 0.6) is 0 Å². The molecule has 148 valence electrons. The van der Waals surface area contributed by atoms with E-state index in [-0.39, 0.29) is 12.0 Å². The molecular weight excluding hydrogens is 342 g/mol. The van der Waals surface area contributed by atoms with Gasteiger partial charge >= 0.3 is 5.97 Å². The van der Waals surface area contributed by atoms with E-state index in [9.17, 15) is 4.79 Å². The van der Waals surface area contributed by atoms with E-state index >= 15 is 0 Å². The fourth-order valence-corrected chi connectivity index (χ4v) is 2.98. The van der Waals surface area contributed by atoms with Gasteiger partial charge in [-0.3, -0.25) is 4.79 Å². The van der Waals surface area contributed by atoms with Crippen molar-refractivity contribution in [3.05, 3.63) is 53.8 Å². The van der Waals surface area contributed by atoms with Gasteiger partial charge in [0.2, 0.25) is 5.88 Å². The quantitative estimate of drug-likeness (QED) is 0.522. The fourth-order valence-electron chi connectivity index (χ4n) is 2.98. The standard InChI is InChI=1S/C22H31NO4/c1-4-25-17-20-14-15-27-22(20)23(16-19-10-8-6-7-9-11-19)18(3)12-13-21(24)26-5-2/h6-8,10-11,14-15,18H,4-5,9,12-13,16-17H2,1-3H3. The lowest BCUT2D eigenvalue weighted by Gasteiger charge is -2.30. The maximum Gasteiger partial charge on any atom is 0.305 e. The van der Waals surface area contributed by atoms with Crippen molar-refractivity contribution in [2.24, 2.45) is 0 Å². The predicted octanol–water partition coefficient (Wildman–Crippen LogP) is 4.80. The highest BCUT2D eigenvalue weighted by Gasteiger charge is 2.22. The SMILES string of the molecule is CCOCc1ccoc1N(CC1=CCC=CC=C1)C(C)CCC(=O)OCC. The molecule has 0 aliphatic heterocycles. The third kappa shape index (κ3) is 6.75. The monoisotopic (exact) mass is 373 g/mol. The first kappa shape index (κ1) is 21.0. The molecule has 0 radical (unpaired) electrons. The smallest absolute Gasteiger partial charge is 0.305 e. The number of anilines is 1. The van der Waals surface area contributed by atoms with Crippen molar-refractivity contribution >= 4 is 11.9 Å². The number of allylic oxidation sites excluding steroid dienone is 4. The van der Waals surface area contributed by atoms with Gasteiger partial charge in [-0.2, -0.15) is 0 Å². The van der Waals surface area contributed by atoms with E-state index in [1.807, 2.05) is 19.9 Å². The highest BCUT2D eigenvalue weighted by Crippen LogP contribution is 2.28. The van der Waals surface area contributed by atoms with Gasteiger partial charge in [-0.25, -0.2) is 0 Å². The van der Waals surface area contributed by atoms with Crippen LogP contribution in [0.15, 0.2) is 52.7 Å². The minimum absolute atomic E-state index is 0.117. The van der Waals surface area contributed by atoms with Crippen LogP contribution in [-0.2, 0) is 20.9 Å². The number of hydrogen-bond donors (Lipinski definition) is 0. The Morgan fingerprint density at radius 2 is 2.15 bits per heavy atom. The normalized spacial score (nSPS) is 14.6. The van der Waals surface area contributed by atoms with Crippen LogP contribution in [-0.4, -0.2) is 31.8 Å². The predicted molar refractivity (Wildman–Crippen MR) is 108 cm³/mol. The fraction of sp³-hybridized carbons (Fsp3) is 0.500. The largest absolute Gasteiger partial charge is 0.466 e. The molecule has 0 spiro atoms. The van der Waals surface area contributed by atoms with Crippen LogP contribution in [0.25, 0.3) is 0 Å². The lowest BCUT2D eigenvalue weighted by molar-refractivity contribution is -0.143. The van der Waals surface area contributed by atoms with Crippen molar-refractivity contribution in [3.8, 4) is 0 Å². The van der Waals surface area contributed by atoms with Crippen LogP contribution in [0, 0.1) is 0 Å². The second kappa shape index (κ2) is 11.4. The molecule has 1 aliphatic carbocycles. The Kier molecular flexibility index (Phi) is 8.92. The van der Waals surface area contributed by atoms with Gasteiger partial charge in [0.05, 0.1) is 19.5 Å². The van der Waals surface area contributed by atoms with Crippen molar-refractivity contribution < 1.29 is 18.7 Å². The Balaban J connectivity index is 2.16. The highest BCUT2D eigenvalue weighted by atomic mass is 16.5. The maximum absolute atomic E-state index is 11.8. The van der Waals surface area contributed by atoms with Crippen molar-refractivity contribution in [3.63, 3.8) is 0 Å². The molecule has 0 saturated carbocycles. The van der Waals surface area contributed by atoms with Gasteiger partial charge in [-0.15, -0.1) is 0 Å². The Bertz CT molecular complexity index is 672. The highest BCUT2D eigenvalue weighted by molar-refractivity contribution is 5.69. The zero-order valence-corrected chi connectivity index (χ0v) is 16.6. The second-order valence-corrected chi connectivity index (χ2v) is 6.51. The van der Waals surface area contributed by atoms with E-state index < -0.39 is 0 Å². The number of carbonyl (C=O) groups is 1. The molecular formula is C22H31NO4. The number of furan rings is 1. The lowest BCUT2D eigenvalue weighted by Crippen LogP contribution is -2.35. The number of esters is 1. The minimum atomic E-state index is -0.156. The average molecular weight is 373 g/mol. The van der Waals surface area contributed by atoms with E-state index in [4.69, 9.17) is 13.9 Å². The number of rotatable bonds is 11. The maximum atomic E-state index is 11.8. The van der Waals surface area contributed by atoms with Gasteiger partial charge in [0.15, 0.2) is 0 Å². The van der Waals surface area contributed by atoms with Crippen molar-refractivity contribution in [2.45, 2.75) is 52.7 Å². The first-order valence-electron chi connectivity index (χ1n) is 9.74. The molecule has 0 amide bonds.